The van der Waals surface area contributed by atoms with Crippen LogP contribution in [0.3, 0.4) is 0 Å². The number of carbonyl (C=O) groups excluding carboxylic acids is 1. The van der Waals surface area contributed by atoms with Gasteiger partial charge in [0.2, 0.25) is 5.78 Å². The smallest absolute Gasteiger partial charge is 0.323 e. The van der Waals surface area contributed by atoms with Gasteiger partial charge in [-0.2, -0.15) is 4.79 Å². The van der Waals surface area contributed by atoms with Gasteiger partial charge in [0.1, 0.15) is 5.75 Å². The van der Waals surface area contributed by atoms with E-state index in [0.717, 1.165) is 31.2 Å². The van der Waals surface area contributed by atoms with Crippen molar-refractivity contribution in [1.82, 2.24) is 0 Å². The van der Waals surface area contributed by atoms with Crippen LogP contribution in [-0.2, 0) is 16.6 Å². The molecule has 0 aromatic heterocycles. The fourth-order valence-corrected chi connectivity index (χ4v) is 2.94. The van der Waals surface area contributed by atoms with Gasteiger partial charge in [-0.15, -0.1) is 0 Å². The molecule has 1 aromatic rings. The molecule has 19 heavy (non-hydrogen) atoms. The largest absolute Gasteiger partial charge is 0.497 e. The van der Waals surface area contributed by atoms with Crippen molar-refractivity contribution >= 4 is 12.0 Å². The molecule has 0 aliphatic heterocycles. The van der Waals surface area contributed by atoms with Gasteiger partial charge in [0, 0.05) is 11.8 Å². The van der Waals surface area contributed by atoms with Crippen LogP contribution in [0.5, 0.6) is 5.75 Å². The molecular weight excluding hydrogens is 240 g/mol. The quantitative estimate of drug-likeness (QED) is 0.473. The minimum Gasteiger partial charge on any atom is -0.497 e. The lowest BCUT2D eigenvalue weighted by Gasteiger charge is -2.35. The zero-order chi connectivity index (χ0) is 13.9. The summed E-state index contributed by atoms with van der Waals surface area (Å²) in [6.45, 7) is 2.09. The van der Waals surface area contributed by atoms with Crippen molar-refractivity contribution in [2.45, 2.75) is 38.0 Å². The summed E-state index contributed by atoms with van der Waals surface area (Å²) in [6, 6.07) is 6.07. The number of nitrogens with zero attached hydrogens (tertiary/aromatic N) is 2. The first kappa shape index (κ1) is 13.5. The minimum atomic E-state index is -0.208. The molecule has 100 valence electrons. The number of rotatable bonds is 4. The summed E-state index contributed by atoms with van der Waals surface area (Å²) in [4.78, 5) is 14.6. The minimum absolute atomic E-state index is 0.152. The van der Waals surface area contributed by atoms with E-state index in [1.165, 1.54) is 11.1 Å². The molecule has 0 N–H and O–H groups in total. The first-order chi connectivity index (χ1) is 9.09. The third-order valence-corrected chi connectivity index (χ3v) is 3.91. The van der Waals surface area contributed by atoms with Crippen LogP contribution < -0.4 is 4.74 Å². The highest BCUT2D eigenvalue weighted by Gasteiger charge is 2.34. The number of methoxy groups -OCH3 is 1. The van der Waals surface area contributed by atoms with E-state index in [1.807, 2.05) is 12.1 Å². The first-order valence-corrected chi connectivity index (χ1v) is 6.47. The van der Waals surface area contributed by atoms with E-state index in [9.17, 15) is 4.79 Å². The molecule has 0 saturated carbocycles. The SMILES string of the molecule is COc1ccc2c(c1)C(C)(CC(=O)C=[N+]=[N-])CCC2. The fraction of sp³-hybridized carbons (Fsp3) is 0.467. The van der Waals surface area contributed by atoms with Gasteiger partial charge in [-0.3, -0.25) is 4.79 Å². The fourth-order valence-electron chi connectivity index (χ4n) is 2.94. The van der Waals surface area contributed by atoms with Gasteiger partial charge in [0.05, 0.1) is 7.11 Å². The van der Waals surface area contributed by atoms with Crippen LogP contribution in [0.15, 0.2) is 18.2 Å². The molecule has 1 aliphatic carbocycles. The lowest BCUT2D eigenvalue weighted by molar-refractivity contribution is -0.117. The second-order valence-corrected chi connectivity index (χ2v) is 5.32. The van der Waals surface area contributed by atoms with Gasteiger partial charge in [-0.05, 0) is 42.5 Å². The zero-order valence-electron chi connectivity index (χ0n) is 11.3. The van der Waals surface area contributed by atoms with E-state index in [1.54, 1.807) is 7.11 Å². The Labute approximate surface area is 113 Å². The maximum absolute atomic E-state index is 11.7. The summed E-state index contributed by atoms with van der Waals surface area (Å²) in [7, 11) is 1.64. The lowest BCUT2D eigenvalue weighted by atomic mass is 9.68. The molecule has 0 amide bonds. The van der Waals surface area contributed by atoms with Crippen molar-refractivity contribution in [2.75, 3.05) is 7.11 Å². The zero-order valence-corrected chi connectivity index (χ0v) is 11.3. The summed E-state index contributed by atoms with van der Waals surface area (Å²) in [5.74, 6) is 0.663. The number of aryl methyl sites for hydroxylation is 1. The Kier molecular flexibility index (Phi) is 3.82. The van der Waals surface area contributed by atoms with Crippen LogP contribution in [0.25, 0.3) is 5.53 Å². The second kappa shape index (κ2) is 5.37. The molecule has 1 aliphatic rings. The molecule has 1 aromatic carbocycles. The molecule has 0 fully saturated rings. The van der Waals surface area contributed by atoms with Gasteiger partial charge < -0.3 is 10.3 Å². The Morgan fingerprint density at radius 3 is 3.05 bits per heavy atom. The second-order valence-electron chi connectivity index (χ2n) is 5.32. The van der Waals surface area contributed by atoms with E-state index in [0.29, 0.717) is 6.42 Å². The molecule has 2 rings (SSSR count). The molecule has 0 bridgehead atoms. The summed E-state index contributed by atoms with van der Waals surface area (Å²) in [5, 5.41) is 0. The third kappa shape index (κ3) is 2.74. The summed E-state index contributed by atoms with van der Waals surface area (Å²) in [6.07, 6.45) is 4.41. The molecule has 0 saturated heterocycles. The highest BCUT2D eigenvalue weighted by Crippen LogP contribution is 2.41. The summed E-state index contributed by atoms with van der Waals surface area (Å²) in [5.41, 5.74) is 10.7. The predicted octanol–water partition coefficient (Wildman–Crippen LogP) is 2.55. The van der Waals surface area contributed by atoms with Gasteiger partial charge in [-0.25, -0.2) is 0 Å². The molecule has 0 radical (unpaired) electrons. The average molecular weight is 258 g/mol. The van der Waals surface area contributed by atoms with Gasteiger partial charge in [-0.1, -0.05) is 13.0 Å². The van der Waals surface area contributed by atoms with E-state index < -0.39 is 0 Å². The number of benzene rings is 1. The van der Waals surface area contributed by atoms with E-state index in [4.69, 9.17) is 10.3 Å². The highest BCUT2D eigenvalue weighted by atomic mass is 16.5. The predicted molar refractivity (Wildman–Crippen MR) is 72.6 cm³/mol. The Bertz CT molecular complexity index is 547. The maximum Gasteiger partial charge on any atom is 0.323 e. The number of hydrogen-bond acceptors (Lipinski definition) is 2. The van der Waals surface area contributed by atoms with Crippen LogP contribution in [-0.4, -0.2) is 23.9 Å². The molecule has 1 atom stereocenters. The standard InChI is InChI=1S/C15H18N2O2/c1-15(9-12(18)10-17-16)7-3-4-11-5-6-13(19-2)8-14(11)15/h5-6,8,10H,3-4,7,9H2,1-2H3. The van der Waals surface area contributed by atoms with Crippen molar-refractivity contribution in [2.24, 2.45) is 0 Å². The molecule has 4 nitrogen and oxygen atoms in total. The van der Waals surface area contributed by atoms with Crippen LogP contribution >= 0.6 is 0 Å². The monoisotopic (exact) mass is 258 g/mol. The van der Waals surface area contributed by atoms with E-state index in [2.05, 4.69) is 17.8 Å². The van der Waals surface area contributed by atoms with Gasteiger partial charge in [0.15, 0.2) is 0 Å². The third-order valence-electron chi connectivity index (χ3n) is 3.91. The Hall–Kier alpha value is -1.93. The summed E-state index contributed by atoms with van der Waals surface area (Å²) < 4.78 is 5.27. The Morgan fingerprint density at radius 1 is 1.58 bits per heavy atom. The van der Waals surface area contributed by atoms with Crippen molar-refractivity contribution in [1.29, 1.82) is 0 Å². The Balaban J connectivity index is 2.38. The van der Waals surface area contributed by atoms with Gasteiger partial charge in [0.25, 0.3) is 0 Å². The van der Waals surface area contributed by atoms with Crippen LogP contribution in [0.2, 0.25) is 0 Å². The number of Topliss-reactive ketones (excluding diaryl/α,β-unsaturated/α-hetero) is 1. The topological polar surface area (TPSA) is 62.7 Å². The van der Waals surface area contributed by atoms with Gasteiger partial charge >= 0.3 is 6.21 Å². The number of fused-ring (bicyclic) bond motifs is 1. The summed E-state index contributed by atoms with van der Waals surface area (Å²) >= 11 is 0. The van der Waals surface area contributed by atoms with E-state index >= 15 is 0 Å². The van der Waals surface area contributed by atoms with Crippen molar-refractivity contribution < 1.29 is 14.3 Å². The van der Waals surface area contributed by atoms with Crippen LogP contribution in [0.1, 0.15) is 37.3 Å². The molecular formula is C15H18N2O2. The number of ether oxygens (including phenoxy) is 1. The van der Waals surface area contributed by atoms with E-state index in [-0.39, 0.29) is 11.2 Å². The molecule has 1 unspecified atom stereocenters. The van der Waals surface area contributed by atoms with Crippen molar-refractivity contribution in [3.63, 3.8) is 0 Å². The Morgan fingerprint density at radius 2 is 2.37 bits per heavy atom. The lowest BCUT2D eigenvalue weighted by Crippen LogP contribution is -2.30. The van der Waals surface area contributed by atoms with Crippen molar-refractivity contribution in [3.05, 3.63) is 34.9 Å². The van der Waals surface area contributed by atoms with Crippen LogP contribution in [0, 0.1) is 0 Å². The average Bonchev–Trinajstić information content (AvgIpc) is 2.39. The highest BCUT2D eigenvalue weighted by molar-refractivity contribution is 6.25. The maximum atomic E-state index is 11.7. The molecule has 4 heteroatoms. The first-order valence-electron chi connectivity index (χ1n) is 6.47. The number of hydrogen-bond donors (Lipinski definition) is 0. The molecule has 0 heterocycles. The normalized spacial score (nSPS) is 21.2. The van der Waals surface area contributed by atoms with Crippen molar-refractivity contribution in [3.8, 4) is 5.75 Å². The molecule has 0 spiro atoms. The number of ketones is 1. The van der Waals surface area contributed by atoms with Crippen LogP contribution in [0.4, 0.5) is 0 Å². The number of carbonyl (C=O) groups is 1.